The molecule has 9 aromatic carbocycles. The van der Waals surface area contributed by atoms with Crippen LogP contribution in [0.15, 0.2) is 212 Å². The molecule has 0 bridgehead atoms. The van der Waals surface area contributed by atoms with Gasteiger partial charge in [0.1, 0.15) is 0 Å². The number of nitrogens with zero attached hydrogens (tertiary/aromatic N) is 3. The van der Waals surface area contributed by atoms with Crippen molar-refractivity contribution in [2.24, 2.45) is 0 Å². The standard InChI is InChI=1S/C69H62BN3/c1-66(2,3)49-40-55-62-65(54-35-22-23-36-56(54)69(62,8)9)73-61-44-53(71(50-30-18-12-19-31-50)51-32-20-13-21-33-51)43-60-63(61)70(58(41-49)64(55)73)57-38-37-48(68(6,7)46-27-16-11-17-28-46)42-59(57)72(60)52-34-24-29-47(39-52)67(4,5)45-25-14-10-15-26-45/h10-44H,1-9H3. The Morgan fingerprint density at radius 2 is 0.986 bits per heavy atom. The number of hydrogen-bond donors (Lipinski definition) is 0. The average molecular weight is 944 g/mol. The molecule has 13 rings (SSSR count). The molecule has 0 radical (unpaired) electrons. The first-order valence-corrected chi connectivity index (χ1v) is 26.2. The molecule has 0 atom stereocenters. The maximum atomic E-state index is 2.71. The van der Waals surface area contributed by atoms with E-state index in [-0.39, 0.29) is 28.4 Å². The molecule has 4 heteroatoms. The molecule has 0 spiro atoms. The van der Waals surface area contributed by atoms with Crippen LogP contribution in [0.3, 0.4) is 0 Å². The molecule has 0 fully saturated rings. The van der Waals surface area contributed by atoms with Crippen LogP contribution in [0.2, 0.25) is 0 Å². The van der Waals surface area contributed by atoms with Gasteiger partial charge < -0.3 is 14.4 Å². The molecule has 0 saturated carbocycles. The summed E-state index contributed by atoms with van der Waals surface area (Å²) in [5.41, 5.74) is 24.6. The van der Waals surface area contributed by atoms with Crippen LogP contribution in [0, 0.1) is 0 Å². The lowest BCUT2D eigenvalue weighted by molar-refractivity contribution is 0.591. The zero-order valence-electron chi connectivity index (χ0n) is 43.6. The topological polar surface area (TPSA) is 11.4 Å². The number of aromatic nitrogens is 1. The molecule has 73 heavy (non-hydrogen) atoms. The Morgan fingerprint density at radius 1 is 0.438 bits per heavy atom. The predicted molar refractivity (Wildman–Crippen MR) is 311 cm³/mol. The van der Waals surface area contributed by atoms with Gasteiger partial charge in [0.2, 0.25) is 0 Å². The summed E-state index contributed by atoms with van der Waals surface area (Å²) in [6.07, 6.45) is 0. The fourth-order valence-corrected chi connectivity index (χ4v) is 12.9. The fraction of sp³-hybridized carbons (Fsp3) is 0.188. The van der Waals surface area contributed by atoms with Crippen LogP contribution >= 0.6 is 0 Å². The third kappa shape index (κ3) is 6.72. The van der Waals surface area contributed by atoms with Gasteiger partial charge >= 0.3 is 0 Å². The molecule has 1 aromatic heterocycles. The van der Waals surface area contributed by atoms with E-state index >= 15 is 0 Å². The second kappa shape index (κ2) is 16.1. The first-order chi connectivity index (χ1) is 35.1. The summed E-state index contributed by atoms with van der Waals surface area (Å²) in [6.45, 7) is 21.5. The third-order valence-electron chi connectivity index (χ3n) is 17.0. The van der Waals surface area contributed by atoms with Gasteiger partial charge in [0.15, 0.2) is 0 Å². The van der Waals surface area contributed by atoms with E-state index < -0.39 is 0 Å². The Kier molecular flexibility index (Phi) is 9.94. The van der Waals surface area contributed by atoms with Crippen molar-refractivity contribution in [1.82, 2.24) is 4.57 Å². The molecule has 356 valence electrons. The van der Waals surface area contributed by atoms with E-state index in [9.17, 15) is 0 Å². The van der Waals surface area contributed by atoms with Gasteiger partial charge in [-0.3, -0.25) is 0 Å². The summed E-state index contributed by atoms with van der Waals surface area (Å²) in [7, 11) is 0. The summed E-state index contributed by atoms with van der Waals surface area (Å²) >= 11 is 0. The zero-order valence-corrected chi connectivity index (χ0v) is 43.6. The van der Waals surface area contributed by atoms with Crippen molar-refractivity contribution in [2.75, 3.05) is 9.80 Å². The van der Waals surface area contributed by atoms with E-state index in [1.165, 1.54) is 94.6 Å². The number of fused-ring (bicyclic) bond motifs is 9. The minimum atomic E-state index is -0.274. The molecule has 3 heterocycles. The van der Waals surface area contributed by atoms with E-state index in [0.29, 0.717) is 0 Å². The Hall–Kier alpha value is -7.82. The number of para-hydroxylation sites is 2. The van der Waals surface area contributed by atoms with Crippen molar-refractivity contribution in [3.05, 3.63) is 251 Å². The van der Waals surface area contributed by atoms with Gasteiger partial charge in [0, 0.05) is 66.8 Å². The van der Waals surface area contributed by atoms with Crippen molar-refractivity contribution < 1.29 is 0 Å². The zero-order chi connectivity index (χ0) is 50.2. The Labute approximate surface area is 432 Å². The summed E-state index contributed by atoms with van der Waals surface area (Å²) < 4.78 is 2.71. The maximum Gasteiger partial charge on any atom is 0.252 e. The lowest BCUT2D eigenvalue weighted by Crippen LogP contribution is -2.60. The molecule has 0 unspecified atom stereocenters. The number of benzene rings is 9. The van der Waals surface area contributed by atoms with E-state index in [4.69, 9.17) is 0 Å². The minimum Gasteiger partial charge on any atom is -0.311 e. The van der Waals surface area contributed by atoms with Crippen LogP contribution in [0.5, 0.6) is 0 Å². The molecule has 1 aliphatic carbocycles. The summed E-state index contributed by atoms with van der Waals surface area (Å²) in [4.78, 5) is 5.09. The van der Waals surface area contributed by atoms with Gasteiger partial charge in [0.25, 0.3) is 6.71 Å². The Bertz CT molecular complexity index is 3760. The molecule has 2 aliphatic heterocycles. The summed E-state index contributed by atoms with van der Waals surface area (Å²) in [6, 6.07) is 80.1. The number of hydrogen-bond acceptors (Lipinski definition) is 2. The number of anilines is 6. The molecular weight excluding hydrogens is 882 g/mol. The second-order valence-electron chi connectivity index (χ2n) is 23.4. The second-order valence-corrected chi connectivity index (χ2v) is 23.4. The van der Waals surface area contributed by atoms with Crippen molar-refractivity contribution in [3.63, 3.8) is 0 Å². The molecule has 3 nitrogen and oxygen atoms in total. The smallest absolute Gasteiger partial charge is 0.252 e. The van der Waals surface area contributed by atoms with Crippen LogP contribution in [0.1, 0.15) is 101 Å². The van der Waals surface area contributed by atoms with Gasteiger partial charge in [-0.25, -0.2) is 0 Å². The SMILES string of the molecule is CC(C)(C)c1cc2c3c(c1)c1c(n3-c3cc(N(c4ccccc4)c4ccccc4)cc4c3B2c2ccc(C(C)(C)c3ccccc3)cc2N4c2cccc(C(C)(C)c3ccccc3)c2)-c2ccccc2C1(C)C. The Morgan fingerprint density at radius 3 is 1.60 bits per heavy atom. The average Bonchev–Trinajstić information content (AvgIpc) is 3.88. The highest BCUT2D eigenvalue weighted by atomic mass is 15.2. The summed E-state index contributed by atoms with van der Waals surface area (Å²) in [5.74, 6) is 0. The van der Waals surface area contributed by atoms with Crippen molar-refractivity contribution >= 4 is 68.1 Å². The first-order valence-electron chi connectivity index (χ1n) is 26.2. The molecule has 3 aliphatic rings. The summed E-state index contributed by atoms with van der Waals surface area (Å²) in [5, 5.41) is 1.36. The van der Waals surface area contributed by atoms with Crippen LogP contribution in [-0.2, 0) is 21.7 Å². The molecule has 0 N–H and O–H groups in total. The van der Waals surface area contributed by atoms with Crippen molar-refractivity contribution in [2.45, 2.75) is 84.0 Å². The lowest BCUT2D eigenvalue weighted by atomic mass is 9.33. The van der Waals surface area contributed by atoms with Gasteiger partial charge in [-0.15, -0.1) is 0 Å². The highest BCUT2D eigenvalue weighted by Gasteiger charge is 2.48. The Balaban J connectivity index is 1.20. The van der Waals surface area contributed by atoms with Crippen LogP contribution in [0.25, 0.3) is 27.8 Å². The van der Waals surface area contributed by atoms with E-state index in [0.717, 1.165) is 22.7 Å². The van der Waals surface area contributed by atoms with E-state index in [1.54, 1.807) is 0 Å². The van der Waals surface area contributed by atoms with Gasteiger partial charge in [0.05, 0.1) is 11.4 Å². The molecule has 10 aromatic rings. The van der Waals surface area contributed by atoms with Gasteiger partial charge in [-0.05, 0) is 121 Å². The monoisotopic (exact) mass is 944 g/mol. The normalized spacial score (nSPS) is 14.2. The molecule has 0 saturated heterocycles. The molecule has 0 amide bonds. The fourth-order valence-electron chi connectivity index (χ4n) is 12.9. The highest BCUT2D eigenvalue weighted by Crippen LogP contribution is 2.56. The highest BCUT2D eigenvalue weighted by molar-refractivity contribution is 7.00. The van der Waals surface area contributed by atoms with Crippen LogP contribution < -0.4 is 26.2 Å². The largest absolute Gasteiger partial charge is 0.311 e. The maximum absolute atomic E-state index is 2.71. The lowest BCUT2D eigenvalue weighted by Gasteiger charge is -2.43. The van der Waals surface area contributed by atoms with Gasteiger partial charge in [-0.1, -0.05) is 214 Å². The first kappa shape index (κ1) is 45.1. The predicted octanol–water partition coefficient (Wildman–Crippen LogP) is 16.0. The quantitative estimate of drug-likeness (QED) is 0.141. The van der Waals surface area contributed by atoms with Gasteiger partial charge in [-0.2, -0.15) is 0 Å². The van der Waals surface area contributed by atoms with Crippen LogP contribution in [0.4, 0.5) is 34.1 Å². The van der Waals surface area contributed by atoms with E-state index in [2.05, 4.69) is 289 Å². The van der Waals surface area contributed by atoms with Crippen LogP contribution in [-0.4, -0.2) is 11.3 Å². The van der Waals surface area contributed by atoms with E-state index in [1.807, 2.05) is 0 Å². The third-order valence-corrected chi connectivity index (χ3v) is 17.0. The minimum absolute atomic E-state index is 0.0456. The van der Waals surface area contributed by atoms with Crippen molar-refractivity contribution in [3.8, 4) is 16.9 Å². The van der Waals surface area contributed by atoms with Crippen molar-refractivity contribution in [1.29, 1.82) is 0 Å². The molecular formula is C69H62BN3. The number of rotatable bonds is 8.